The summed E-state index contributed by atoms with van der Waals surface area (Å²) in [6.45, 7) is 4.65. The van der Waals surface area contributed by atoms with Gasteiger partial charge in [-0.1, -0.05) is 29.4 Å². The minimum atomic E-state index is -0.176. The Bertz CT molecular complexity index is 1060. The summed E-state index contributed by atoms with van der Waals surface area (Å²) in [4.78, 5) is 19.2. The smallest absolute Gasteiger partial charge is 0.251 e. The number of aromatic nitrogens is 2. The molecular formula is C25H30N4O3. The molecule has 168 valence electrons. The van der Waals surface area contributed by atoms with Crippen LogP contribution in [0.2, 0.25) is 0 Å². The summed E-state index contributed by atoms with van der Waals surface area (Å²) in [5.41, 5.74) is 4.10. The van der Waals surface area contributed by atoms with Crippen LogP contribution in [0.25, 0.3) is 0 Å². The van der Waals surface area contributed by atoms with Crippen LogP contribution >= 0.6 is 0 Å². The quantitative estimate of drug-likeness (QED) is 0.674. The van der Waals surface area contributed by atoms with Crippen LogP contribution in [0.4, 0.5) is 0 Å². The number of carbonyl (C=O) groups excluding carboxylic acids is 1. The lowest BCUT2D eigenvalue weighted by molar-refractivity contribution is 0.0949. The second kappa shape index (κ2) is 10.4. The lowest BCUT2D eigenvalue weighted by atomic mass is 9.99. The minimum absolute atomic E-state index is 0.176. The molecule has 0 spiro atoms. The number of nitrogens with zero attached hydrogens (tertiary/aromatic N) is 3. The van der Waals surface area contributed by atoms with Gasteiger partial charge in [-0.2, -0.15) is 4.98 Å². The van der Waals surface area contributed by atoms with Crippen LogP contribution in [-0.2, 0) is 19.5 Å². The van der Waals surface area contributed by atoms with Crippen molar-refractivity contribution in [2.24, 2.45) is 0 Å². The summed E-state index contributed by atoms with van der Waals surface area (Å²) in [6.07, 6.45) is 4.02. The molecule has 0 fully saturated rings. The molecule has 1 amide bonds. The summed E-state index contributed by atoms with van der Waals surface area (Å²) in [5, 5.41) is 6.68. The Morgan fingerprint density at radius 2 is 2.00 bits per heavy atom. The summed E-state index contributed by atoms with van der Waals surface area (Å²) in [6, 6.07) is 14.3. The maximum atomic E-state index is 12.7. The zero-order chi connectivity index (χ0) is 22.3. The van der Waals surface area contributed by atoms with Crippen molar-refractivity contribution in [1.29, 1.82) is 0 Å². The molecule has 1 aliphatic heterocycles. The molecule has 1 N–H and O–H groups in total. The van der Waals surface area contributed by atoms with Crippen LogP contribution < -0.4 is 10.1 Å². The van der Waals surface area contributed by atoms with Gasteiger partial charge in [0, 0.05) is 25.5 Å². The van der Waals surface area contributed by atoms with E-state index in [-0.39, 0.29) is 12.5 Å². The number of hydrogen-bond acceptors (Lipinski definition) is 6. The molecule has 0 unspecified atom stereocenters. The van der Waals surface area contributed by atoms with Crippen molar-refractivity contribution in [3.63, 3.8) is 0 Å². The van der Waals surface area contributed by atoms with E-state index >= 15 is 0 Å². The fraction of sp³-hybridized carbons (Fsp3) is 0.400. The van der Waals surface area contributed by atoms with Crippen LogP contribution in [0, 0.1) is 6.92 Å². The van der Waals surface area contributed by atoms with Gasteiger partial charge in [-0.05, 0) is 67.7 Å². The van der Waals surface area contributed by atoms with Gasteiger partial charge in [-0.25, -0.2) is 0 Å². The number of hydrogen-bond donors (Lipinski definition) is 1. The topological polar surface area (TPSA) is 80.5 Å². The summed E-state index contributed by atoms with van der Waals surface area (Å²) < 4.78 is 11.1. The number of aryl methyl sites for hydroxylation is 1. The molecule has 1 aromatic heterocycles. The van der Waals surface area contributed by atoms with Crippen molar-refractivity contribution >= 4 is 5.91 Å². The van der Waals surface area contributed by atoms with E-state index in [0.29, 0.717) is 30.3 Å². The van der Waals surface area contributed by atoms with E-state index in [4.69, 9.17) is 9.26 Å². The first-order valence-electron chi connectivity index (χ1n) is 11.2. The Morgan fingerprint density at radius 3 is 2.84 bits per heavy atom. The Kier molecular flexibility index (Phi) is 7.17. The summed E-state index contributed by atoms with van der Waals surface area (Å²) >= 11 is 0. The van der Waals surface area contributed by atoms with Gasteiger partial charge in [0.2, 0.25) is 5.89 Å². The molecule has 7 heteroatoms. The fourth-order valence-electron chi connectivity index (χ4n) is 3.97. The molecule has 2 aromatic carbocycles. The molecule has 32 heavy (non-hydrogen) atoms. The molecule has 4 rings (SSSR count). The van der Waals surface area contributed by atoms with E-state index in [2.05, 4.69) is 51.7 Å². The number of nitrogens with one attached hydrogen (secondary N) is 1. The van der Waals surface area contributed by atoms with Crippen LogP contribution in [0.3, 0.4) is 0 Å². The van der Waals surface area contributed by atoms with Gasteiger partial charge in [0.25, 0.3) is 5.91 Å². The molecule has 0 saturated carbocycles. The van der Waals surface area contributed by atoms with Gasteiger partial charge in [-0.3, -0.25) is 4.79 Å². The Hall–Kier alpha value is -3.19. The standard InChI is InChI=1S/C25H30N4O3/c1-18-27-24(28-32-18)16-26-25(30)21-9-10-23-22(15-21)14-19-7-6-8-20(13-19)17-29(2)11-4-3-5-12-31-23/h6-10,13,15H,3-5,11-12,14,16-17H2,1-2H3,(H,26,30). The zero-order valence-corrected chi connectivity index (χ0v) is 18.8. The van der Waals surface area contributed by atoms with Crippen molar-refractivity contribution in [1.82, 2.24) is 20.4 Å². The monoisotopic (exact) mass is 434 g/mol. The molecule has 3 aromatic rings. The average molecular weight is 435 g/mol. The highest BCUT2D eigenvalue weighted by Gasteiger charge is 2.14. The Morgan fingerprint density at radius 1 is 1.12 bits per heavy atom. The average Bonchev–Trinajstić information content (AvgIpc) is 3.20. The van der Waals surface area contributed by atoms with Crippen molar-refractivity contribution in [3.8, 4) is 5.75 Å². The van der Waals surface area contributed by atoms with Crippen LogP contribution in [0.15, 0.2) is 47.0 Å². The largest absolute Gasteiger partial charge is 0.493 e. The Labute approximate surface area is 188 Å². The summed E-state index contributed by atoms with van der Waals surface area (Å²) in [5.74, 6) is 1.60. The number of ether oxygens (including phenoxy) is 1. The van der Waals surface area contributed by atoms with Gasteiger partial charge in [0.15, 0.2) is 5.82 Å². The van der Waals surface area contributed by atoms with Gasteiger partial charge in [0.1, 0.15) is 5.75 Å². The molecule has 2 bridgehead atoms. The van der Waals surface area contributed by atoms with Crippen molar-refractivity contribution in [2.75, 3.05) is 20.2 Å². The van der Waals surface area contributed by atoms with Gasteiger partial charge in [-0.15, -0.1) is 0 Å². The second-order valence-electron chi connectivity index (χ2n) is 8.38. The highest BCUT2D eigenvalue weighted by atomic mass is 16.5. The Balaban J connectivity index is 1.55. The maximum Gasteiger partial charge on any atom is 0.251 e. The first-order chi connectivity index (χ1) is 15.6. The highest BCUT2D eigenvalue weighted by molar-refractivity contribution is 5.94. The first-order valence-corrected chi connectivity index (χ1v) is 11.2. The number of rotatable bonds is 3. The molecule has 0 saturated heterocycles. The molecule has 0 aliphatic carbocycles. The lowest BCUT2D eigenvalue weighted by Crippen LogP contribution is -2.23. The van der Waals surface area contributed by atoms with Crippen molar-refractivity contribution < 1.29 is 14.1 Å². The van der Waals surface area contributed by atoms with E-state index in [1.54, 1.807) is 6.92 Å². The predicted octanol–water partition coefficient (Wildman–Crippen LogP) is 3.89. The van der Waals surface area contributed by atoms with E-state index in [1.807, 2.05) is 18.2 Å². The number of fused-ring (bicyclic) bond motifs is 3. The lowest BCUT2D eigenvalue weighted by Gasteiger charge is -2.19. The molecule has 7 nitrogen and oxygen atoms in total. The van der Waals surface area contributed by atoms with E-state index in [9.17, 15) is 4.79 Å². The van der Waals surface area contributed by atoms with Gasteiger partial charge in [0.05, 0.1) is 13.2 Å². The van der Waals surface area contributed by atoms with Crippen LogP contribution in [-0.4, -0.2) is 41.1 Å². The molecule has 2 heterocycles. The second-order valence-corrected chi connectivity index (χ2v) is 8.38. The molecule has 0 radical (unpaired) electrons. The number of carbonyl (C=O) groups is 1. The molecule has 0 atom stereocenters. The SMILES string of the molecule is Cc1nc(CNC(=O)c2ccc3c(c2)Cc2cccc(c2)CN(C)CCCCCO3)no1. The zero-order valence-electron chi connectivity index (χ0n) is 18.8. The van der Waals surface area contributed by atoms with E-state index < -0.39 is 0 Å². The van der Waals surface area contributed by atoms with Gasteiger partial charge < -0.3 is 19.5 Å². The van der Waals surface area contributed by atoms with Crippen molar-refractivity contribution in [3.05, 3.63) is 76.4 Å². The fourth-order valence-corrected chi connectivity index (χ4v) is 3.97. The number of amides is 1. The van der Waals surface area contributed by atoms with Crippen LogP contribution in [0.5, 0.6) is 5.75 Å². The number of benzene rings is 2. The third-order valence-corrected chi connectivity index (χ3v) is 5.58. The third-order valence-electron chi connectivity index (χ3n) is 5.58. The minimum Gasteiger partial charge on any atom is -0.493 e. The van der Waals surface area contributed by atoms with Crippen LogP contribution in [0.1, 0.15) is 58.0 Å². The summed E-state index contributed by atoms with van der Waals surface area (Å²) in [7, 11) is 2.17. The maximum absolute atomic E-state index is 12.7. The molecule has 1 aliphatic rings. The van der Waals surface area contributed by atoms with Gasteiger partial charge >= 0.3 is 0 Å². The van der Waals surface area contributed by atoms with E-state index in [0.717, 1.165) is 43.7 Å². The van der Waals surface area contributed by atoms with Crippen molar-refractivity contribution in [2.45, 2.75) is 45.7 Å². The van der Waals surface area contributed by atoms with E-state index in [1.165, 1.54) is 11.1 Å². The normalized spacial score (nSPS) is 15.3. The molecular weight excluding hydrogens is 404 g/mol. The predicted molar refractivity (Wildman–Crippen MR) is 122 cm³/mol. The first kappa shape index (κ1) is 22.0. The third kappa shape index (κ3) is 5.95. The highest BCUT2D eigenvalue weighted by Crippen LogP contribution is 2.25.